The van der Waals surface area contributed by atoms with Crippen LogP contribution in [-0.2, 0) is 10.0 Å². The van der Waals surface area contributed by atoms with E-state index in [1.165, 1.54) is 29.1 Å². The highest BCUT2D eigenvalue weighted by atomic mass is 32.2. The molecule has 1 aromatic heterocycles. The van der Waals surface area contributed by atoms with Gasteiger partial charge in [-0.25, -0.2) is 8.42 Å². The van der Waals surface area contributed by atoms with Crippen molar-refractivity contribution < 1.29 is 13.2 Å². The number of likely N-dealkylation sites (N-methyl/N-ethyl adjacent to an activating group) is 1. The van der Waals surface area contributed by atoms with E-state index in [4.69, 9.17) is 0 Å². The fourth-order valence-corrected chi connectivity index (χ4v) is 5.21. The fraction of sp³-hybridized carbons (Fsp3) is 0.261. The SMILES string of the molecule is Cc1cccc(NS(=O)(=O)c2ccc(C(=O)NC[C@@H](c3cccs3)N(C)C)cc2)c1C. The van der Waals surface area contributed by atoms with E-state index >= 15 is 0 Å². The molecule has 0 aliphatic heterocycles. The molecule has 1 atom stereocenters. The maximum Gasteiger partial charge on any atom is 0.261 e. The van der Waals surface area contributed by atoms with Crippen LogP contribution in [0.2, 0.25) is 0 Å². The van der Waals surface area contributed by atoms with E-state index in [-0.39, 0.29) is 16.8 Å². The summed E-state index contributed by atoms with van der Waals surface area (Å²) in [6.07, 6.45) is 0. The van der Waals surface area contributed by atoms with Crippen LogP contribution in [0.5, 0.6) is 0 Å². The normalized spacial score (nSPS) is 12.5. The van der Waals surface area contributed by atoms with Gasteiger partial charge < -0.3 is 10.2 Å². The smallest absolute Gasteiger partial charge is 0.261 e. The van der Waals surface area contributed by atoms with Gasteiger partial charge in [0.1, 0.15) is 0 Å². The third-order valence-electron chi connectivity index (χ3n) is 5.23. The summed E-state index contributed by atoms with van der Waals surface area (Å²) in [5.41, 5.74) is 2.84. The lowest BCUT2D eigenvalue weighted by Crippen LogP contribution is -2.34. The summed E-state index contributed by atoms with van der Waals surface area (Å²) in [7, 11) is 0.194. The van der Waals surface area contributed by atoms with Gasteiger partial charge in [-0.05, 0) is 80.8 Å². The summed E-state index contributed by atoms with van der Waals surface area (Å²) in [4.78, 5) is 15.9. The van der Waals surface area contributed by atoms with Gasteiger partial charge in [-0.15, -0.1) is 11.3 Å². The van der Waals surface area contributed by atoms with Crippen molar-refractivity contribution in [2.75, 3.05) is 25.4 Å². The number of hydrogen-bond donors (Lipinski definition) is 2. The van der Waals surface area contributed by atoms with E-state index in [0.717, 1.165) is 11.1 Å². The van der Waals surface area contributed by atoms with Crippen LogP contribution in [-0.4, -0.2) is 39.9 Å². The molecular formula is C23H27N3O3S2. The second kappa shape index (κ2) is 9.64. The molecule has 3 rings (SSSR count). The number of thiophene rings is 1. The Hall–Kier alpha value is -2.68. The van der Waals surface area contributed by atoms with Gasteiger partial charge in [-0.2, -0.15) is 0 Å². The van der Waals surface area contributed by atoms with Crippen molar-refractivity contribution in [2.45, 2.75) is 24.8 Å². The molecule has 1 amide bonds. The first-order valence-corrected chi connectivity index (χ1v) is 12.2. The van der Waals surface area contributed by atoms with Crippen LogP contribution in [0.3, 0.4) is 0 Å². The van der Waals surface area contributed by atoms with E-state index in [9.17, 15) is 13.2 Å². The zero-order valence-electron chi connectivity index (χ0n) is 18.0. The minimum Gasteiger partial charge on any atom is -0.350 e. The maximum atomic E-state index is 12.8. The van der Waals surface area contributed by atoms with E-state index in [0.29, 0.717) is 17.8 Å². The molecule has 0 aliphatic carbocycles. The topological polar surface area (TPSA) is 78.5 Å². The molecule has 6 nitrogen and oxygen atoms in total. The Kier molecular flexibility index (Phi) is 7.15. The molecule has 0 aliphatic rings. The number of carbonyl (C=O) groups is 1. The monoisotopic (exact) mass is 457 g/mol. The molecule has 31 heavy (non-hydrogen) atoms. The molecule has 0 unspecified atom stereocenters. The van der Waals surface area contributed by atoms with Gasteiger partial charge in [0.05, 0.1) is 16.6 Å². The zero-order chi connectivity index (χ0) is 22.6. The molecule has 1 heterocycles. The van der Waals surface area contributed by atoms with Gasteiger partial charge in [0, 0.05) is 17.0 Å². The lowest BCUT2D eigenvalue weighted by Gasteiger charge is -2.23. The van der Waals surface area contributed by atoms with E-state index < -0.39 is 10.0 Å². The standard InChI is InChI=1S/C23H27N3O3S2/c1-16-7-5-8-20(17(16)2)25-31(28,29)19-12-10-18(11-13-19)23(27)24-15-21(26(3)4)22-9-6-14-30-22/h5-14,21,25H,15H2,1-4H3,(H,24,27)/t21-/m0/s1. The van der Waals surface area contributed by atoms with Gasteiger partial charge in [0.25, 0.3) is 15.9 Å². The van der Waals surface area contributed by atoms with Crippen LogP contribution < -0.4 is 10.0 Å². The van der Waals surface area contributed by atoms with Gasteiger partial charge in [0.15, 0.2) is 0 Å². The first-order chi connectivity index (χ1) is 14.7. The molecule has 0 fully saturated rings. The largest absolute Gasteiger partial charge is 0.350 e. The summed E-state index contributed by atoms with van der Waals surface area (Å²) in [6.45, 7) is 4.26. The quantitative estimate of drug-likeness (QED) is 0.531. The first kappa shape index (κ1) is 23.0. The maximum absolute atomic E-state index is 12.8. The lowest BCUT2D eigenvalue weighted by atomic mass is 10.1. The summed E-state index contributed by atoms with van der Waals surface area (Å²) in [5.74, 6) is -0.241. The zero-order valence-corrected chi connectivity index (χ0v) is 19.7. The van der Waals surface area contributed by atoms with Gasteiger partial charge in [-0.3, -0.25) is 9.52 Å². The molecule has 0 saturated heterocycles. The number of nitrogens with zero attached hydrogens (tertiary/aromatic N) is 1. The Morgan fingerprint density at radius 1 is 1.03 bits per heavy atom. The van der Waals surface area contributed by atoms with Crippen LogP contribution in [0.4, 0.5) is 5.69 Å². The Morgan fingerprint density at radius 2 is 1.74 bits per heavy atom. The van der Waals surface area contributed by atoms with Crippen molar-refractivity contribution in [3.63, 3.8) is 0 Å². The summed E-state index contributed by atoms with van der Waals surface area (Å²) >= 11 is 1.65. The lowest BCUT2D eigenvalue weighted by molar-refractivity contribution is 0.0942. The van der Waals surface area contributed by atoms with E-state index in [2.05, 4.69) is 14.9 Å². The highest BCUT2D eigenvalue weighted by molar-refractivity contribution is 7.92. The third-order valence-corrected chi connectivity index (χ3v) is 7.58. The molecular weight excluding hydrogens is 430 g/mol. The molecule has 0 spiro atoms. The minimum atomic E-state index is -3.75. The number of hydrogen-bond acceptors (Lipinski definition) is 5. The summed E-state index contributed by atoms with van der Waals surface area (Å²) in [6, 6.07) is 15.5. The number of nitrogens with one attached hydrogen (secondary N) is 2. The molecule has 2 aromatic carbocycles. The van der Waals surface area contributed by atoms with Gasteiger partial charge in [-0.1, -0.05) is 18.2 Å². The number of rotatable bonds is 8. The Balaban J connectivity index is 1.69. The number of aryl methyl sites for hydroxylation is 1. The summed E-state index contributed by atoms with van der Waals surface area (Å²) in [5, 5.41) is 4.95. The molecule has 164 valence electrons. The van der Waals surface area contributed by atoms with Crippen molar-refractivity contribution in [2.24, 2.45) is 0 Å². The number of carbonyl (C=O) groups excluding carboxylic acids is 1. The number of sulfonamides is 1. The first-order valence-electron chi connectivity index (χ1n) is 9.86. The van der Waals surface area contributed by atoms with E-state index in [1.54, 1.807) is 17.4 Å². The number of amides is 1. The molecule has 0 radical (unpaired) electrons. The van der Waals surface area contributed by atoms with Crippen molar-refractivity contribution in [1.82, 2.24) is 10.2 Å². The van der Waals surface area contributed by atoms with Crippen molar-refractivity contribution in [1.29, 1.82) is 0 Å². The molecule has 2 N–H and O–H groups in total. The molecule has 0 saturated carbocycles. The Bertz CT molecular complexity index is 1140. The molecule has 0 bridgehead atoms. The second-order valence-electron chi connectivity index (χ2n) is 7.58. The highest BCUT2D eigenvalue weighted by Gasteiger charge is 2.19. The number of benzene rings is 2. The van der Waals surface area contributed by atoms with Crippen LogP contribution in [0.15, 0.2) is 64.9 Å². The van der Waals surface area contributed by atoms with Crippen LogP contribution in [0.25, 0.3) is 0 Å². The minimum absolute atomic E-state index is 0.0744. The predicted octanol–water partition coefficient (Wildman–Crippen LogP) is 4.20. The van der Waals surface area contributed by atoms with Gasteiger partial charge in [0.2, 0.25) is 0 Å². The number of anilines is 1. The van der Waals surface area contributed by atoms with Crippen LogP contribution >= 0.6 is 11.3 Å². The van der Waals surface area contributed by atoms with Gasteiger partial charge >= 0.3 is 0 Å². The Morgan fingerprint density at radius 3 is 2.35 bits per heavy atom. The molecule has 8 heteroatoms. The Labute approximate surface area is 188 Å². The van der Waals surface area contributed by atoms with Crippen molar-refractivity contribution in [3.05, 3.63) is 81.5 Å². The van der Waals surface area contributed by atoms with Crippen LogP contribution in [0.1, 0.15) is 32.4 Å². The fourth-order valence-electron chi connectivity index (χ4n) is 3.16. The third kappa shape index (κ3) is 5.52. The van der Waals surface area contributed by atoms with Crippen molar-refractivity contribution >= 4 is 33.0 Å². The average Bonchev–Trinajstić information content (AvgIpc) is 3.25. The second-order valence-corrected chi connectivity index (χ2v) is 10.2. The van der Waals surface area contributed by atoms with Crippen molar-refractivity contribution in [3.8, 4) is 0 Å². The van der Waals surface area contributed by atoms with Crippen LogP contribution in [0, 0.1) is 13.8 Å². The summed E-state index contributed by atoms with van der Waals surface area (Å²) < 4.78 is 28.1. The average molecular weight is 458 g/mol. The predicted molar refractivity (Wildman–Crippen MR) is 126 cm³/mol. The highest BCUT2D eigenvalue weighted by Crippen LogP contribution is 2.23. The molecule has 3 aromatic rings. The van der Waals surface area contributed by atoms with E-state index in [1.807, 2.05) is 57.6 Å².